The molecule has 0 saturated carbocycles. The Hall–Kier alpha value is -4.54. The van der Waals surface area contributed by atoms with Crippen LogP contribution in [-0.2, 0) is 50.6 Å². The second-order valence-electron chi connectivity index (χ2n) is 19.2. The van der Waals surface area contributed by atoms with Crippen LogP contribution >= 0.6 is 0 Å². The van der Waals surface area contributed by atoms with E-state index in [2.05, 4.69) is 59.4 Å². The number of ether oxygens (including phenoxy) is 2. The number of phenolic OH excluding ortho intramolecular Hbond substituents is 2. The van der Waals surface area contributed by atoms with E-state index in [4.69, 9.17) is 15.2 Å². The van der Waals surface area contributed by atoms with Crippen molar-refractivity contribution in [2.24, 2.45) is 40.9 Å². The SMILES string of the molecule is C=C.COc1cc(N=Nc2ccc(-c3ccc(N=Nc4cc(OC)c(N=Nc5c(S(=O)(=O)[O-])cc6cc(S(=O)(=O)[O-])c(N)cc6c5O)cc4C)c(S(=O)(=O)[O-])c3)cc2S(=O)(=O)[O-])c(C)cc1N=Nc1c(S(=O)(=O)[O-])cc2ccc(Nc3ccc(C(=O)[O-])cc3)cc2c1O.[Na+].[Na+].[Na+].[Na+].[Na+].[Na+]. The normalized spacial score (nSPS) is 11.7. The van der Waals surface area contributed by atoms with Gasteiger partial charge < -0.3 is 63.4 Å². The molecule has 5 N–H and O–H groups in total. The van der Waals surface area contributed by atoms with Crippen molar-refractivity contribution in [3.8, 4) is 34.1 Å². The van der Waals surface area contributed by atoms with Gasteiger partial charge >= 0.3 is 177 Å². The van der Waals surface area contributed by atoms with Crippen LogP contribution in [0.25, 0.3) is 32.7 Å². The number of phenols is 2. The summed E-state index contributed by atoms with van der Waals surface area (Å²) in [6.45, 7) is 8.93. The van der Waals surface area contributed by atoms with Crippen LogP contribution < -0.4 is 203 Å². The molecule has 0 amide bonds. The molecular weight excluding hydrogens is 1460 g/mol. The van der Waals surface area contributed by atoms with Crippen molar-refractivity contribution in [1.29, 1.82) is 0 Å². The molecule has 0 aromatic heterocycles. The number of anilines is 3. The Labute approximate surface area is 698 Å². The number of nitrogen functional groups attached to an aromatic ring is 1. The number of hydrogen-bond acceptors (Lipinski definition) is 31. The van der Waals surface area contributed by atoms with Gasteiger partial charge in [-0.3, -0.25) is 0 Å². The van der Waals surface area contributed by atoms with Crippen molar-refractivity contribution in [2.45, 2.75) is 38.3 Å². The molecule has 0 fully saturated rings. The molecule has 9 aromatic rings. The average molecular weight is 1500 g/mol. The van der Waals surface area contributed by atoms with Gasteiger partial charge in [-0.15, -0.1) is 43.8 Å². The first-order valence-corrected chi connectivity index (χ1v) is 32.7. The first-order chi connectivity index (χ1) is 43.5. The van der Waals surface area contributed by atoms with Gasteiger partial charge in [-0.2, -0.15) is 10.2 Å². The molecule has 31 nitrogen and oxygen atoms in total. The smallest absolute Gasteiger partial charge is 0.744 e. The molecule has 0 heterocycles. The van der Waals surface area contributed by atoms with Crippen molar-refractivity contribution >= 4 is 141 Å². The number of nitrogens with two attached hydrogens (primary N) is 1. The van der Waals surface area contributed by atoms with Gasteiger partial charge in [0.05, 0.1) is 56.0 Å². The molecule has 0 aliphatic heterocycles. The van der Waals surface area contributed by atoms with E-state index in [0.29, 0.717) is 23.5 Å². The first-order valence-electron chi connectivity index (χ1n) is 25.6. The van der Waals surface area contributed by atoms with Crippen LogP contribution in [0.3, 0.4) is 0 Å². The summed E-state index contributed by atoms with van der Waals surface area (Å²) in [6.07, 6.45) is 0. The predicted molar refractivity (Wildman–Crippen MR) is 325 cm³/mol. The molecule has 9 aromatic carbocycles. The fourth-order valence-electron chi connectivity index (χ4n) is 8.86. The van der Waals surface area contributed by atoms with Gasteiger partial charge in [0.15, 0.2) is 11.5 Å². The van der Waals surface area contributed by atoms with Crippen LogP contribution in [0, 0.1) is 13.8 Å². The maximum absolute atomic E-state index is 12.7. The number of carbonyl (C=O) groups excluding carboxylic acids is 1. The number of aromatic carboxylic acids is 1. The maximum atomic E-state index is 12.7. The van der Waals surface area contributed by atoms with Crippen LogP contribution in [0.4, 0.5) is 62.6 Å². The van der Waals surface area contributed by atoms with E-state index in [9.17, 15) is 85.0 Å². The molecule has 0 atom stereocenters. The molecular formula is C57H42N10Na6O21S5. The Morgan fingerprint density at radius 3 is 1.16 bits per heavy atom. The van der Waals surface area contributed by atoms with Gasteiger partial charge in [0, 0.05) is 40.0 Å². The fraction of sp³-hybridized carbons (Fsp3) is 0.0702. The molecule has 482 valence electrons. The summed E-state index contributed by atoms with van der Waals surface area (Å²) < 4.78 is 197. The maximum Gasteiger partial charge on any atom is 1.00 e. The van der Waals surface area contributed by atoms with E-state index in [1.54, 1.807) is 0 Å². The van der Waals surface area contributed by atoms with E-state index in [1.807, 2.05) is 0 Å². The standard InChI is InChI=1S/C55H44N10O21S5.C2H4.6Na/c1-26-15-42(62-64-51-49(90(79,80)81)19-31-7-12-34(22-35(31)53(51)66)57-33-10-5-28(6-11-33)55(68)69)44(85-3)24-40(26)60-58-38-13-8-29(17-47(38)88(73,74)75)30-9-14-39(48(18-30)89(76,77)78)59-61-41-25-45(86-4)43(16-27(41)2)63-65-52-50(91(82,83)84)21-32-20-46(87(70,71)72)37(56)23-36(32)54(52)67;1-2;;;;;;/h5-25,57,66-67H,56H2,1-4H3,(H,68,69)(H,70,71,72)(H,73,74,75)(H,76,77,78)(H,79,80,81)(H,82,83,84);1-2H2;;;;;;/q;;6*+1/p-6. The molecule has 9 rings (SSSR count). The summed E-state index contributed by atoms with van der Waals surface area (Å²) in [5.41, 5.74) is 2.98. The van der Waals surface area contributed by atoms with Crippen molar-refractivity contribution in [1.82, 2.24) is 0 Å². The molecule has 0 saturated heterocycles. The van der Waals surface area contributed by atoms with Crippen LogP contribution in [0.1, 0.15) is 21.5 Å². The van der Waals surface area contributed by atoms with Gasteiger partial charge in [-0.05, 0) is 137 Å². The van der Waals surface area contributed by atoms with E-state index in [0.717, 1.165) is 43.5 Å². The predicted octanol–water partition coefficient (Wildman–Crippen LogP) is -7.60. The van der Waals surface area contributed by atoms with E-state index in [1.165, 1.54) is 99.8 Å². The summed E-state index contributed by atoms with van der Waals surface area (Å²) in [5, 5.41) is 67.8. The minimum atomic E-state index is -5.48. The Bertz CT molecular complexity index is 5360. The third-order valence-electron chi connectivity index (χ3n) is 13.3. The largest absolute Gasteiger partial charge is 1.00 e. The van der Waals surface area contributed by atoms with Crippen LogP contribution in [-0.4, -0.2) is 95.3 Å². The molecule has 0 unspecified atom stereocenters. The summed E-state index contributed by atoms with van der Waals surface area (Å²) >= 11 is 0. The number of nitrogens with zero attached hydrogens (tertiary/aromatic N) is 8. The molecule has 0 bridgehead atoms. The van der Waals surface area contributed by atoms with Crippen molar-refractivity contribution in [2.75, 3.05) is 25.3 Å². The van der Waals surface area contributed by atoms with Gasteiger partial charge in [-0.1, -0.05) is 30.3 Å². The molecule has 0 aliphatic carbocycles. The second kappa shape index (κ2) is 36.7. The Morgan fingerprint density at radius 2 is 0.778 bits per heavy atom. The Balaban J connectivity index is 0.00000413. The number of aromatic hydroxyl groups is 2. The summed E-state index contributed by atoms with van der Waals surface area (Å²) in [4.78, 5) is 6.21. The van der Waals surface area contributed by atoms with Crippen LogP contribution in [0.15, 0.2) is 206 Å². The number of aryl methyl sites for hydroxylation is 2. The zero-order valence-corrected chi connectivity index (χ0v) is 70.0. The third-order valence-corrected chi connectivity index (χ3v) is 17.6. The number of azo groups is 4. The topological polar surface area (TPSA) is 522 Å². The second-order valence-corrected chi connectivity index (χ2v) is 26.0. The number of carboxylic acid groups (broad SMARTS) is 1. The molecule has 0 radical (unpaired) electrons. The van der Waals surface area contributed by atoms with Crippen molar-refractivity contribution < 1.29 is 272 Å². The summed E-state index contributed by atoms with van der Waals surface area (Å²) in [7, 11) is -24.4. The molecule has 99 heavy (non-hydrogen) atoms. The fourth-order valence-corrected chi connectivity index (χ4v) is 12.0. The Kier molecular flexibility index (Phi) is 33.6. The summed E-state index contributed by atoms with van der Waals surface area (Å²) in [5.74, 6) is -3.40. The van der Waals surface area contributed by atoms with Crippen LogP contribution in [0.2, 0.25) is 0 Å². The minimum absolute atomic E-state index is 0. The number of hydrogen-bond donors (Lipinski definition) is 4. The zero-order valence-electron chi connectivity index (χ0n) is 53.9. The van der Waals surface area contributed by atoms with Gasteiger partial charge in [0.25, 0.3) is 0 Å². The number of nitrogens with one attached hydrogen (secondary N) is 1. The quantitative estimate of drug-likeness (QED) is 0.0192. The van der Waals surface area contributed by atoms with Gasteiger partial charge in [-0.25, -0.2) is 42.1 Å². The van der Waals surface area contributed by atoms with Crippen molar-refractivity contribution in [3.05, 3.63) is 157 Å². The zero-order chi connectivity index (χ0) is 68.4. The summed E-state index contributed by atoms with van der Waals surface area (Å²) in [6, 6.07) is 24.2. The number of fused-ring (bicyclic) bond motifs is 2. The van der Waals surface area contributed by atoms with E-state index < -0.39 is 121 Å². The van der Waals surface area contributed by atoms with E-state index in [-0.39, 0.29) is 261 Å². The number of carbonyl (C=O) groups is 1. The number of benzene rings is 9. The first kappa shape index (κ1) is 90.5. The van der Waals surface area contributed by atoms with Gasteiger partial charge in [0.2, 0.25) is 0 Å². The van der Waals surface area contributed by atoms with Gasteiger partial charge in [0.1, 0.15) is 96.2 Å². The van der Waals surface area contributed by atoms with Crippen molar-refractivity contribution in [3.63, 3.8) is 0 Å². The number of methoxy groups -OCH3 is 2. The molecule has 0 aliphatic rings. The Morgan fingerprint density at radius 1 is 0.424 bits per heavy atom. The molecule has 42 heteroatoms. The van der Waals surface area contributed by atoms with E-state index >= 15 is 0 Å². The third kappa shape index (κ3) is 21.6. The average Bonchev–Trinajstić information content (AvgIpc) is 0.628. The monoisotopic (exact) mass is 1500 g/mol. The molecule has 0 spiro atoms. The number of rotatable bonds is 19. The van der Waals surface area contributed by atoms with Crippen LogP contribution in [0.5, 0.6) is 23.0 Å². The minimum Gasteiger partial charge on any atom is -0.744 e. The number of carboxylic acids is 1.